The van der Waals surface area contributed by atoms with Crippen LogP contribution in [0.1, 0.15) is 18.4 Å². The molecule has 5 heteroatoms. The van der Waals surface area contributed by atoms with Crippen molar-refractivity contribution in [1.29, 1.82) is 0 Å². The quantitative estimate of drug-likeness (QED) is 0.908. The number of likely N-dealkylation sites (tertiary alicyclic amines) is 1. The Kier molecular flexibility index (Phi) is 4.49. The van der Waals surface area contributed by atoms with Gasteiger partial charge in [-0.05, 0) is 36.6 Å². The van der Waals surface area contributed by atoms with Crippen molar-refractivity contribution in [2.24, 2.45) is 0 Å². The Morgan fingerprint density at radius 2 is 2.22 bits per heavy atom. The number of β-amino-alcohol motifs (C(OH)–C–C–N with tert-alkyl or cyclic N) is 1. The number of aliphatic hydroxyl groups excluding tert-OH is 1. The third-order valence-electron chi connectivity index (χ3n) is 3.10. The van der Waals surface area contributed by atoms with Crippen molar-refractivity contribution < 1.29 is 9.90 Å². The minimum Gasteiger partial charge on any atom is -0.391 e. The minimum absolute atomic E-state index is 0.0158. The highest BCUT2D eigenvalue weighted by atomic mass is 35.5. The Morgan fingerprint density at radius 3 is 2.94 bits per heavy atom. The molecule has 0 saturated carbocycles. The molecule has 1 aliphatic rings. The molecule has 3 nitrogen and oxygen atoms in total. The van der Waals surface area contributed by atoms with Crippen molar-refractivity contribution in [2.45, 2.75) is 25.4 Å². The fourth-order valence-electron chi connectivity index (χ4n) is 2.13. The zero-order valence-electron chi connectivity index (χ0n) is 9.90. The van der Waals surface area contributed by atoms with Crippen molar-refractivity contribution in [1.82, 2.24) is 4.90 Å². The number of hydrogen-bond acceptors (Lipinski definition) is 2. The van der Waals surface area contributed by atoms with Gasteiger partial charge in [-0.25, -0.2) is 0 Å². The van der Waals surface area contributed by atoms with Crippen molar-refractivity contribution in [3.05, 3.63) is 33.8 Å². The van der Waals surface area contributed by atoms with Gasteiger partial charge in [-0.15, -0.1) is 0 Å². The van der Waals surface area contributed by atoms with E-state index in [9.17, 15) is 9.90 Å². The topological polar surface area (TPSA) is 40.5 Å². The summed E-state index contributed by atoms with van der Waals surface area (Å²) in [4.78, 5) is 13.8. The van der Waals surface area contributed by atoms with E-state index in [-0.39, 0.29) is 12.3 Å². The molecule has 2 rings (SSSR count). The highest BCUT2D eigenvalue weighted by Crippen LogP contribution is 2.22. The highest BCUT2D eigenvalue weighted by molar-refractivity contribution is 6.33. The van der Waals surface area contributed by atoms with Crippen LogP contribution in [0, 0.1) is 0 Å². The number of piperidine rings is 1. The van der Waals surface area contributed by atoms with E-state index in [1.54, 1.807) is 23.1 Å². The molecule has 1 fully saturated rings. The molecule has 0 aliphatic carbocycles. The van der Waals surface area contributed by atoms with E-state index in [2.05, 4.69) is 0 Å². The smallest absolute Gasteiger partial charge is 0.227 e. The normalized spacial score (nSPS) is 19.9. The van der Waals surface area contributed by atoms with Gasteiger partial charge in [0.2, 0.25) is 5.91 Å². The van der Waals surface area contributed by atoms with Gasteiger partial charge in [0.15, 0.2) is 0 Å². The van der Waals surface area contributed by atoms with Gasteiger partial charge in [0.1, 0.15) is 0 Å². The lowest BCUT2D eigenvalue weighted by Crippen LogP contribution is -2.42. The second-order valence-electron chi connectivity index (χ2n) is 4.55. The standard InChI is InChI=1S/C13H15Cl2NO2/c14-10-3-4-12(15)9(6-10)7-13(18)16-5-1-2-11(17)8-16/h3-4,6,11,17H,1-2,5,7-8H2. The molecule has 18 heavy (non-hydrogen) atoms. The average molecular weight is 288 g/mol. The number of hydrogen-bond donors (Lipinski definition) is 1. The Balaban J connectivity index is 2.04. The van der Waals surface area contributed by atoms with E-state index < -0.39 is 6.10 Å². The molecule has 1 N–H and O–H groups in total. The Morgan fingerprint density at radius 1 is 1.44 bits per heavy atom. The predicted molar refractivity (Wildman–Crippen MR) is 72.0 cm³/mol. The van der Waals surface area contributed by atoms with Gasteiger partial charge < -0.3 is 10.0 Å². The number of halogens is 2. The molecule has 0 bridgehead atoms. The Hall–Kier alpha value is -0.770. The lowest BCUT2D eigenvalue weighted by molar-refractivity contribution is -0.133. The molecule has 0 spiro atoms. The molecule has 0 aromatic heterocycles. The Bertz CT molecular complexity index is 451. The fraction of sp³-hybridized carbons (Fsp3) is 0.462. The van der Waals surface area contributed by atoms with E-state index in [0.29, 0.717) is 23.1 Å². The van der Waals surface area contributed by atoms with Gasteiger partial charge >= 0.3 is 0 Å². The maximum Gasteiger partial charge on any atom is 0.227 e. The lowest BCUT2D eigenvalue weighted by atomic mass is 10.1. The Labute approximate surface area is 116 Å². The third-order valence-corrected chi connectivity index (χ3v) is 3.70. The predicted octanol–water partition coefficient (Wildman–Crippen LogP) is 2.52. The largest absolute Gasteiger partial charge is 0.391 e. The number of aliphatic hydroxyl groups is 1. The van der Waals surface area contributed by atoms with E-state index in [1.165, 1.54) is 0 Å². The minimum atomic E-state index is -0.405. The summed E-state index contributed by atoms with van der Waals surface area (Å²) in [6.45, 7) is 1.12. The van der Waals surface area contributed by atoms with Gasteiger partial charge in [-0.2, -0.15) is 0 Å². The van der Waals surface area contributed by atoms with Crippen molar-refractivity contribution in [3.8, 4) is 0 Å². The summed E-state index contributed by atoms with van der Waals surface area (Å²) in [7, 11) is 0. The molecule has 0 radical (unpaired) electrons. The molecule has 1 unspecified atom stereocenters. The second-order valence-corrected chi connectivity index (χ2v) is 5.39. The molecule has 1 atom stereocenters. The zero-order chi connectivity index (χ0) is 13.1. The van der Waals surface area contributed by atoms with Crippen molar-refractivity contribution in [3.63, 3.8) is 0 Å². The van der Waals surface area contributed by atoms with Gasteiger partial charge in [0, 0.05) is 23.1 Å². The number of carbonyl (C=O) groups excluding carboxylic acids is 1. The molecular weight excluding hydrogens is 273 g/mol. The first kappa shape index (κ1) is 13.7. The van der Waals surface area contributed by atoms with Gasteiger partial charge in [0.25, 0.3) is 0 Å². The zero-order valence-corrected chi connectivity index (χ0v) is 11.4. The van der Waals surface area contributed by atoms with Crippen LogP contribution >= 0.6 is 23.2 Å². The fourth-order valence-corrected chi connectivity index (χ4v) is 2.51. The van der Waals surface area contributed by atoms with E-state index in [0.717, 1.165) is 18.4 Å². The van der Waals surface area contributed by atoms with Gasteiger partial charge in [-0.3, -0.25) is 4.79 Å². The third kappa shape index (κ3) is 3.37. The molecule has 1 aromatic rings. The van der Waals surface area contributed by atoms with E-state index in [1.807, 2.05) is 0 Å². The van der Waals surface area contributed by atoms with Crippen LogP contribution in [0.3, 0.4) is 0 Å². The van der Waals surface area contributed by atoms with Crippen LogP contribution in [-0.4, -0.2) is 35.1 Å². The molecular formula is C13H15Cl2NO2. The first-order valence-corrected chi connectivity index (χ1v) is 6.71. The summed E-state index contributed by atoms with van der Waals surface area (Å²) in [6, 6.07) is 5.10. The summed E-state index contributed by atoms with van der Waals surface area (Å²) in [5, 5.41) is 10.7. The molecule has 1 aliphatic heterocycles. The second kappa shape index (κ2) is 5.91. The maximum atomic E-state index is 12.1. The lowest BCUT2D eigenvalue weighted by Gasteiger charge is -2.30. The van der Waals surface area contributed by atoms with Gasteiger partial charge in [0.05, 0.1) is 12.5 Å². The first-order chi connectivity index (χ1) is 8.56. The number of rotatable bonds is 2. The number of carbonyl (C=O) groups is 1. The van der Waals surface area contributed by atoms with E-state index >= 15 is 0 Å². The number of nitrogens with zero attached hydrogens (tertiary/aromatic N) is 1. The molecule has 98 valence electrons. The summed E-state index contributed by atoms with van der Waals surface area (Å²) in [5.74, 6) is -0.0158. The monoisotopic (exact) mass is 287 g/mol. The first-order valence-electron chi connectivity index (χ1n) is 5.96. The van der Waals surface area contributed by atoms with Crippen LogP contribution in [0.15, 0.2) is 18.2 Å². The summed E-state index contributed by atoms with van der Waals surface area (Å²) < 4.78 is 0. The van der Waals surface area contributed by atoms with Crippen LogP contribution < -0.4 is 0 Å². The SMILES string of the molecule is O=C(Cc1cc(Cl)ccc1Cl)N1CCCC(O)C1. The summed E-state index contributed by atoms with van der Waals surface area (Å²) in [5.41, 5.74) is 0.731. The van der Waals surface area contributed by atoms with Gasteiger partial charge in [-0.1, -0.05) is 23.2 Å². The van der Waals surface area contributed by atoms with Crippen LogP contribution in [0.25, 0.3) is 0 Å². The maximum absolute atomic E-state index is 12.1. The van der Waals surface area contributed by atoms with Crippen molar-refractivity contribution >= 4 is 29.1 Å². The van der Waals surface area contributed by atoms with Crippen LogP contribution in [0.4, 0.5) is 0 Å². The van der Waals surface area contributed by atoms with E-state index in [4.69, 9.17) is 23.2 Å². The van der Waals surface area contributed by atoms with Crippen LogP contribution in [0.5, 0.6) is 0 Å². The van der Waals surface area contributed by atoms with Crippen LogP contribution in [-0.2, 0) is 11.2 Å². The van der Waals surface area contributed by atoms with Crippen LogP contribution in [0.2, 0.25) is 10.0 Å². The summed E-state index contributed by atoms with van der Waals surface area (Å²) in [6.07, 6.45) is 1.43. The molecule has 1 aromatic carbocycles. The summed E-state index contributed by atoms with van der Waals surface area (Å²) >= 11 is 11.9. The molecule has 1 saturated heterocycles. The average Bonchev–Trinajstić information content (AvgIpc) is 2.34. The number of amides is 1. The number of benzene rings is 1. The molecule has 1 amide bonds. The molecule has 1 heterocycles. The highest BCUT2D eigenvalue weighted by Gasteiger charge is 2.22. The van der Waals surface area contributed by atoms with Crippen molar-refractivity contribution in [2.75, 3.05) is 13.1 Å².